The van der Waals surface area contributed by atoms with Crippen molar-refractivity contribution in [3.05, 3.63) is 11.8 Å². The smallest absolute Gasteiger partial charge is 0.227 e. The highest BCUT2D eigenvalue weighted by atomic mass is 15.3. The highest BCUT2D eigenvalue weighted by Crippen LogP contribution is 2.16. The van der Waals surface area contributed by atoms with Crippen LogP contribution in [-0.2, 0) is 6.42 Å². The van der Waals surface area contributed by atoms with Crippen LogP contribution in [0.2, 0.25) is 0 Å². The van der Waals surface area contributed by atoms with Gasteiger partial charge in [-0.3, -0.25) is 0 Å². The molecule has 0 saturated heterocycles. The van der Waals surface area contributed by atoms with Crippen LogP contribution in [0, 0.1) is 5.92 Å². The van der Waals surface area contributed by atoms with Crippen molar-refractivity contribution in [1.82, 2.24) is 9.97 Å². The van der Waals surface area contributed by atoms with Gasteiger partial charge >= 0.3 is 0 Å². The van der Waals surface area contributed by atoms with Gasteiger partial charge in [0.15, 0.2) is 0 Å². The van der Waals surface area contributed by atoms with Gasteiger partial charge in [0.05, 0.1) is 0 Å². The summed E-state index contributed by atoms with van der Waals surface area (Å²) in [5.41, 5.74) is 1.13. The lowest BCUT2D eigenvalue weighted by molar-refractivity contribution is 0.632. The molecule has 1 aromatic heterocycles. The third-order valence-corrected chi connectivity index (χ3v) is 2.99. The van der Waals surface area contributed by atoms with E-state index in [1.807, 2.05) is 0 Å². The van der Waals surface area contributed by atoms with Crippen LogP contribution < -0.4 is 10.2 Å². The third-order valence-electron chi connectivity index (χ3n) is 2.99. The van der Waals surface area contributed by atoms with Crippen molar-refractivity contribution in [3.63, 3.8) is 0 Å². The summed E-state index contributed by atoms with van der Waals surface area (Å²) in [7, 11) is 0. The first kappa shape index (κ1) is 15.7. The monoisotopic (exact) mass is 264 g/mol. The lowest BCUT2D eigenvalue weighted by Crippen LogP contribution is -2.25. The lowest BCUT2D eigenvalue weighted by Gasteiger charge is -2.20. The van der Waals surface area contributed by atoms with E-state index in [-0.39, 0.29) is 0 Å². The molecule has 0 saturated carbocycles. The van der Waals surface area contributed by atoms with Gasteiger partial charge < -0.3 is 10.2 Å². The van der Waals surface area contributed by atoms with Gasteiger partial charge in [-0.2, -0.15) is 4.98 Å². The summed E-state index contributed by atoms with van der Waals surface area (Å²) in [4.78, 5) is 11.5. The topological polar surface area (TPSA) is 41.1 Å². The number of anilines is 2. The summed E-state index contributed by atoms with van der Waals surface area (Å²) >= 11 is 0. The van der Waals surface area contributed by atoms with E-state index in [9.17, 15) is 0 Å². The first-order valence-electron chi connectivity index (χ1n) is 7.47. The predicted octanol–water partition coefficient (Wildman–Crippen LogP) is 3.34. The molecule has 0 aliphatic heterocycles. The van der Waals surface area contributed by atoms with E-state index in [4.69, 9.17) is 4.98 Å². The molecule has 1 aromatic rings. The number of nitrogens with zero attached hydrogens (tertiary/aromatic N) is 3. The van der Waals surface area contributed by atoms with Crippen LogP contribution in [0.3, 0.4) is 0 Å². The Hall–Kier alpha value is -1.32. The van der Waals surface area contributed by atoms with E-state index in [2.05, 4.69) is 55.9 Å². The zero-order chi connectivity index (χ0) is 14.3. The summed E-state index contributed by atoms with van der Waals surface area (Å²) in [5, 5.41) is 3.37. The molecule has 0 amide bonds. The van der Waals surface area contributed by atoms with Gasteiger partial charge in [-0.05, 0) is 32.6 Å². The van der Waals surface area contributed by atoms with Gasteiger partial charge in [-0.15, -0.1) is 0 Å². The number of hydrogen-bond donors (Lipinski definition) is 1. The van der Waals surface area contributed by atoms with E-state index in [0.717, 1.165) is 49.9 Å². The second-order valence-electron chi connectivity index (χ2n) is 5.24. The van der Waals surface area contributed by atoms with Crippen LogP contribution in [0.25, 0.3) is 0 Å². The predicted molar refractivity (Wildman–Crippen MR) is 82.9 cm³/mol. The number of aromatic nitrogens is 2. The molecule has 0 atom stereocenters. The van der Waals surface area contributed by atoms with Gasteiger partial charge in [-0.25, -0.2) is 4.98 Å². The summed E-state index contributed by atoms with van der Waals surface area (Å²) in [5.74, 6) is 2.41. The van der Waals surface area contributed by atoms with Crippen LogP contribution in [0.15, 0.2) is 6.07 Å². The van der Waals surface area contributed by atoms with Crippen molar-refractivity contribution in [1.29, 1.82) is 0 Å². The molecule has 0 radical (unpaired) electrons. The third kappa shape index (κ3) is 5.05. The van der Waals surface area contributed by atoms with Crippen molar-refractivity contribution in [2.24, 2.45) is 5.92 Å². The standard InChI is InChI=1S/C15H28N4/c1-6-9-16-14-11-13(10-12(4)5)17-15(18-14)19(7-2)8-3/h11-12H,6-10H2,1-5H3,(H,16,17,18). The SMILES string of the molecule is CCCNc1cc(CC(C)C)nc(N(CC)CC)n1. The molecule has 108 valence electrons. The van der Waals surface area contributed by atoms with Crippen LogP contribution >= 0.6 is 0 Å². The molecule has 1 heterocycles. The normalized spacial score (nSPS) is 10.8. The highest BCUT2D eigenvalue weighted by molar-refractivity contribution is 5.43. The van der Waals surface area contributed by atoms with E-state index >= 15 is 0 Å². The minimum atomic E-state index is 0.610. The Bertz CT molecular complexity index is 372. The lowest BCUT2D eigenvalue weighted by atomic mass is 10.1. The van der Waals surface area contributed by atoms with Crippen molar-refractivity contribution < 1.29 is 0 Å². The van der Waals surface area contributed by atoms with E-state index in [1.165, 1.54) is 0 Å². The molecule has 1 N–H and O–H groups in total. The Balaban J connectivity index is 3.00. The van der Waals surface area contributed by atoms with Crippen LogP contribution in [0.4, 0.5) is 11.8 Å². The quantitative estimate of drug-likeness (QED) is 0.782. The molecule has 0 unspecified atom stereocenters. The average molecular weight is 264 g/mol. The van der Waals surface area contributed by atoms with Crippen molar-refractivity contribution in [2.45, 2.75) is 47.5 Å². The number of nitrogens with one attached hydrogen (secondary N) is 1. The van der Waals surface area contributed by atoms with Gasteiger partial charge in [-0.1, -0.05) is 20.8 Å². The Labute approximate surface area is 117 Å². The molecule has 0 spiro atoms. The van der Waals surface area contributed by atoms with E-state index in [0.29, 0.717) is 5.92 Å². The van der Waals surface area contributed by atoms with Crippen molar-refractivity contribution in [2.75, 3.05) is 29.9 Å². The van der Waals surface area contributed by atoms with E-state index < -0.39 is 0 Å². The fraction of sp³-hybridized carbons (Fsp3) is 0.733. The summed E-state index contributed by atoms with van der Waals surface area (Å²) in [6.45, 7) is 13.7. The Morgan fingerprint density at radius 1 is 1.16 bits per heavy atom. The molecule has 0 aliphatic carbocycles. The highest BCUT2D eigenvalue weighted by Gasteiger charge is 2.10. The number of hydrogen-bond acceptors (Lipinski definition) is 4. The molecular weight excluding hydrogens is 236 g/mol. The number of rotatable bonds is 8. The zero-order valence-corrected chi connectivity index (χ0v) is 13.0. The van der Waals surface area contributed by atoms with Crippen LogP contribution in [0.5, 0.6) is 0 Å². The largest absolute Gasteiger partial charge is 0.370 e. The molecule has 0 fully saturated rings. The van der Waals surface area contributed by atoms with Gasteiger partial charge in [0.2, 0.25) is 5.95 Å². The molecule has 0 aromatic carbocycles. The van der Waals surface area contributed by atoms with Gasteiger partial charge in [0.1, 0.15) is 5.82 Å². The summed E-state index contributed by atoms with van der Waals surface area (Å²) in [6, 6.07) is 2.09. The van der Waals surface area contributed by atoms with Crippen LogP contribution in [0.1, 0.15) is 46.7 Å². The molecular formula is C15H28N4. The minimum Gasteiger partial charge on any atom is -0.370 e. The minimum absolute atomic E-state index is 0.610. The molecule has 4 heteroatoms. The van der Waals surface area contributed by atoms with Gasteiger partial charge in [0, 0.05) is 31.4 Å². The maximum Gasteiger partial charge on any atom is 0.227 e. The second kappa shape index (κ2) is 7.97. The summed E-state index contributed by atoms with van der Waals surface area (Å²) < 4.78 is 0. The fourth-order valence-corrected chi connectivity index (χ4v) is 2.00. The Kier molecular flexibility index (Phi) is 6.60. The first-order chi connectivity index (χ1) is 9.10. The Morgan fingerprint density at radius 3 is 2.37 bits per heavy atom. The maximum atomic E-state index is 4.70. The van der Waals surface area contributed by atoms with Crippen molar-refractivity contribution >= 4 is 11.8 Å². The summed E-state index contributed by atoms with van der Waals surface area (Å²) in [6.07, 6.45) is 2.10. The fourth-order valence-electron chi connectivity index (χ4n) is 2.00. The average Bonchev–Trinajstić information content (AvgIpc) is 2.37. The zero-order valence-electron chi connectivity index (χ0n) is 13.0. The molecule has 1 rings (SSSR count). The molecule has 4 nitrogen and oxygen atoms in total. The molecule has 0 aliphatic rings. The molecule has 0 bridgehead atoms. The van der Waals surface area contributed by atoms with Gasteiger partial charge in [0.25, 0.3) is 0 Å². The Morgan fingerprint density at radius 2 is 1.84 bits per heavy atom. The van der Waals surface area contributed by atoms with Crippen molar-refractivity contribution in [3.8, 4) is 0 Å². The first-order valence-corrected chi connectivity index (χ1v) is 7.47. The molecule has 19 heavy (non-hydrogen) atoms. The van der Waals surface area contributed by atoms with E-state index in [1.54, 1.807) is 0 Å². The maximum absolute atomic E-state index is 4.70. The second-order valence-corrected chi connectivity index (χ2v) is 5.24. The van der Waals surface area contributed by atoms with Crippen LogP contribution in [-0.4, -0.2) is 29.6 Å².